The van der Waals surface area contributed by atoms with Crippen LogP contribution >= 0.6 is 11.6 Å². The smallest absolute Gasteiger partial charge is 0.251 e. The number of amides is 1. The quantitative estimate of drug-likeness (QED) is 0.444. The van der Waals surface area contributed by atoms with Crippen molar-refractivity contribution in [2.24, 2.45) is 17.7 Å². The SMILES string of the molecule is CC1CCC(CCNC(=O)c2cc(Cl)nc(NN)c2)CC1. The van der Waals surface area contributed by atoms with Gasteiger partial charge in [0, 0.05) is 12.1 Å². The van der Waals surface area contributed by atoms with E-state index < -0.39 is 0 Å². The van der Waals surface area contributed by atoms with E-state index in [4.69, 9.17) is 17.4 Å². The van der Waals surface area contributed by atoms with Crippen molar-refractivity contribution in [3.8, 4) is 0 Å². The van der Waals surface area contributed by atoms with Gasteiger partial charge in [-0.3, -0.25) is 4.79 Å². The molecule has 21 heavy (non-hydrogen) atoms. The number of nitrogens with two attached hydrogens (primary N) is 1. The Morgan fingerprint density at radius 1 is 1.38 bits per heavy atom. The highest BCUT2D eigenvalue weighted by atomic mass is 35.5. The number of nitrogens with zero attached hydrogens (tertiary/aromatic N) is 1. The van der Waals surface area contributed by atoms with Crippen LogP contribution < -0.4 is 16.6 Å². The number of rotatable bonds is 5. The van der Waals surface area contributed by atoms with Crippen molar-refractivity contribution >= 4 is 23.3 Å². The standard InChI is InChI=1S/C15H23ClN4O/c1-10-2-4-11(5-3-10)6-7-18-15(21)12-8-13(16)19-14(9-12)20-17/h8-11H,2-7,17H2,1H3,(H,18,21)(H,19,20). The Balaban J connectivity index is 1.80. The van der Waals surface area contributed by atoms with Crippen LogP contribution in [-0.4, -0.2) is 17.4 Å². The van der Waals surface area contributed by atoms with Crippen molar-refractivity contribution < 1.29 is 4.79 Å². The molecule has 0 aliphatic heterocycles. The lowest BCUT2D eigenvalue weighted by Gasteiger charge is -2.26. The second-order valence-corrected chi connectivity index (χ2v) is 6.27. The first-order valence-corrected chi connectivity index (χ1v) is 7.88. The zero-order valence-electron chi connectivity index (χ0n) is 12.4. The summed E-state index contributed by atoms with van der Waals surface area (Å²) < 4.78 is 0. The normalized spacial score (nSPS) is 21.9. The van der Waals surface area contributed by atoms with Crippen LogP contribution in [0.5, 0.6) is 0 Å². The van der Waals surface area contributed by atoms with Gasteiger partial charge in [0.2, 0.25) is 0 Å². The highest BCUT2D eigenvalue weighted by molar-refractivity contribution is 6.29. The summed E-state index contributed by atoms with van der Waals surface area (Å²) >= 11 is 5.86. The van der Waals surface area contributed by atoms with Crippen molar-refractivity contribution in [3.63, 3.8) is 0 Å². The molecule has 6 heteroatoms. The first-order valence-electron chi connectivity index (χ1n) is 7.51. The Hall–Kier alpha value is -1.33. The highest BCUT2D eigenvalue weighted by Crippen LogP contribution is 2.29. The van der Waals surface area contributed by atoms with Crippen molar-refractivity contribution in [1.29, 1.82) is 0 Å². The third kappa shape index (κ3) is 4.86. The van der Waals surface area contributed by atoms with E-state index in [1.807, 2.05) is 0 Å². The van der Waals surface area contributed by atoms with Crippen molar-refractivity contribution in [2.75, 3.05) is 12.0 Å². The van der Waals surface area contributed by atoms with E-state index in [9.17, 15) is 4.79 Å². The van der Waals surface area contributed by atoms with E-state index in [-0.39, 0.29) is 11.1 Å². The van der Waals surface area contributed by atoms with Gasteiger partial charge < -0.3 is 10.7 Å². The summed E-state index contributed by atoms with van der Waals surface area (Å²) in [5.41, 5.74) is 2.87. The molecule has 5 nitrogen and oxygen atoms in total. The lowest BCUT2D eigenvalue weighted by molar-refractivity contribution is 0.0949. The lowest BCUT2D eigenvalue weighted by atomic mass is 9.81. The van der Waals surface area contributed by atoms with E-state index in [0.717, 1.165) is 18.3 Å². The van der Waals surface area contributed by atoms with Gasteiger partial charge in [0.05, 0.1) is 0 Å². The maximum atomic E-state index is 12.1. The molecule has 1 saturated carbocycles. The minimum absolute atomic E-state index is 0.139. The topological polar surface area (TPSA) is 80.0 Å². The molecule has 0 unspecified atom stereocenters. The largest absolute Gasteiger partial charge is 0.352 e. The number of aromatic nitrogens is 1. The molecule has 0 radical (unpaired) electrons. The van der Waals surface area contributed by atoms with E-state index in [1.54, 1.807) is 12.1 Å². The van der Waals surface area contributed by atoms with Gasteiger partial charge in [0.15, 0.2) is 0 Å². The monoisotopic (exact) mass is 310 g/mol. The second-order valence-electron chi connectivity index (χ2n) is 5.88. The van der Waals surface area contributed by atoms with Crippen LogP contribution in [0.2, 0.25) is 5.15 Å². The number of nitrogen functional groups attached to an aromatic ring is 1. The Kier molecular flexibility index (Phi) is 5.82. The van der Waals surface area contributed by atoms with Gasteiger partial charge in [-0.15, -0.1) is 0 Å². The number of carbonyl (C=O) groups excluding carboxylic acids is 1. The Morgan fingerprint density at radius 3 is 2.76 bits per heavy atom. The van der Waals surface area contributed by atoms with Gasteiger partial charge in [0.1, 0.15) is 11.0 Å². The van der Waals surface area contributed by atoms with E-state index in [0.29, 0.717) is 17.9 Å². The van der Waals surface area contributed by atoms with E-state index in [1.165, 1.54) is 25.7 Å². The average Bonchev–Trinajstić information content (AvgIpc) is 2.48. The molecule has 1 aliphatic carbocycles. The highest BCUT2D eigenvalue weighted by Gasteiger charge is 2.18. The lowest BCUT2D eigenvalue weighted by Crippen LogP contribution is -2.27. The number of hydrogen-bond acceptors (Lipinski definition) is 4. The van der Waals surface area contributed by atoms with Gasteiger partial charge in [-0.1, -0.05) is 44.2 Å². The molecule has 116 valence electrons. The van der Waals surface area contributed by atoms with Crippen molar-refractivity contribution in [3.05, 3.63) is 22.8 Å². The number of pyridine rings is 1. The van der Waals surface area contributed by atoms with Crippen LogP contribution in [-0.2, 0) is 0 Å². The molecule has 1 heterocycles. The van der Waals surface area contributed by atoms with E-state index in [2.05, 4.69) is 22.7 Å². The molecule has 0 aromatic carbocycles. The summed E-state index contributed by atoms with van der Waals surface area (Å²) in [6, 6.07) is 3.13. The van der Waals surface area contributed by atoms with Gasteiger partial charge in [-0.05, 0) is 30.4 Å². The van der Waals surface area contributed by atoms with Gasteiger partial charge in [0.25, 0.3) is 5.91 Å². The number of hydrazine groups is 1. The Morgan fingerprint density at radius 2 is 2.10 bits per heavy atom. The summed E-state index contributed by atoms with van der Waals surface area (Å²) in [5, 5.41) is 3.19. The van der Waals surface area contributed by atoms with Crippen LogP contribution in [0.25, 0.3) is 0 Å². The Bertz CT molecular complexity index is 487. The molecule has 1 amide bonds. The second kappa shape index (κ2) is 7.61. The molecule has 0 atom stereocenters. The predicted molar refractivity (Wildman–Crippen MR) is 85.1 cm³/mol. The average molecular weight is 311 g/mol. The van der Waals surface area contributed by atoms with E-state index >= 15 is 0 Å². The number of anilines is 1. The number of carbonyl (C=O) groups is 1. The van der Waals surface area contributed by atoms with Crippen LogP contribution in [0, 0.1) is 11.8 Å². The zero-order valence-corrected chi connectivity index (χ0v) is 13.1. The number of nitrogens with one attached hydrogen (secondary N) is 2. The minimum atomic E-state index is -0.139. The first-order chi connectivity index (χ1) is 10.1. The molecule has 1 fully saturated rings. The molecule has 1 aromatic rings. The van der Waals surface area contributed by atoms with Crippen molar-refractivity contribution in [1.82, 2.24) is 10.3 Å². The third-order valence-electron chi connectivity index (χ3n) is 4.18. The van der Waals surface area contributed by atoms with Crippen LogP contribution in [0.3, 0.4) is 0 Å². The molecule has 4 N–H and O–H groups in total. The van der Waals surface area contributed by atoms with Gasteiger partial charge in [-0.2, -0.15) is 0 Å². The van der Waals surface area contributed by atoms with Crippen LogP contribution in [0.15, 0.2) is 12.1 Å². The maximum absolute atomic E-state index is 12.1. The van der Waals surface area contributed by atoms with Crippen molar-refractivity contribution in [2.45, 2.75) is 39.0 Å². The molecule has 1 aliphatic rings. The fraction of sp³-hybridized carbons (Fsp3) is 0.600. The fourth-order valence-electron chi connectivity index (χ4n) is 2.81. The maximum Gasteiger partial charge on any atom is 0.251 e. The fourth-order valence-corrected chi connectivity index (χ4v) is 3.02. The predicted octanol–water partition coefficient (Wildman–Crippen LogP) is 2.97. The first kappa shape index (κ1) is 16.0. The summed E-state index contributed by atoms with van der Waals surface area (Å²) in [5.74, 6) is 7.14. The van der Waals surface area contributed by atoms with Gasteiger partial charge in [-0.25, -0.2) is 10.8 Å². The molecular weight excluding hydrogens is 288 g/mol. The zero-order chi connectivity index (χ0) is 15.2. The molecule has 0 saturated heterocycles. The summed E-state index contributed by atoms with van der Waals surface area (Å²) in [6.07, 6.45) is 6.21. The molecule has 1 aromatic heterocycles. The Labute approximate surface area is 130 Å². The van der Waals surface area contributed by atoms with Crippen LogP contribution in [0.4, 0.5) is 5.82 Å². The van der Waals surface area contributed by atoms with Crippen LogP contribution in [0.1, 0.15) is 49.4 Å². The molecular formula is C15H23ClN4O. The number of hydrogen-bond donors (Lipinski definition) is 3. The summed E-state index contributed by atoms with van der Waals surface area (Å²) in [4.78, 5) is 16.0. The molecule has 0 bridgehead atoms. The minimum Gasteiger partial charge on any atom is -0.352 e. The summed E-state index contributed by atoms with van der Waals surface area (Å²) in [7, 11) is 0. The van der Waals surface area contributed by atoms with Gasteiger partial charge >= 0.3 is 0 Å². The summed E-state index contributed by atoms with van der Waals surface area (Å²) in [6.45, 7) is 3.01. The third-order valence-corrected chi connectivity index (χ3v) is 4.37. The number of halogens is 1. The molecule has 0 spiro atoms. The molecule has 2 rings (SSSR count).